The molecule has 1 aliphatic rings. The van der Waals surface area contributed by atoms with Crippen molar-refractivity contribution in [2.24, 2.45) is 5.92 Å². The van der Waals surface area contributed by atoms with Gasteiger partial charge in [-0.1, -0.05) is 35.8 Å². The number of rotatable bonds is 6. The van der Waals surface area contributed by atoms with E-state index in [0.29, 0.717) is 28.5 Å². The molecule has 0 radical (unpaired) electrons. The van der Waals surface area contributed by atoms with Crippen LogP contribution < -0.4 is 10.8 Å². The fourth-order valence-electron chi connectivity index (χ4n) is 2.70. The number of fused-ring (bicyclic) bond motifs is 1. The molecule has 0 saturated carbocycles. The quantitative estimate of drug-likeness (QED) is 0.423. The first-order valence-electron chi connectivity index (χ1n) is 7.82. The molecule has 1 aliphatic heterocycles. The molecule has 0 saturated heterocycles. The minimum Gasteiger partial charge on any atom is -0.463 e. The van der Waals surface area contributed by atoms with Crippen LogP contribution in [-0.2, 0) is 20.8 Å². The van der Waals surface area contributed by atoms with Gasteiger partial charge in [0, 0.05) is 10.9 Å². The molecule has 2 rings (SSSR count). The Hall–Kier alpha value is -1.38. The van der Waals surface area contributed by atoms with Crippen LogP contribution in [-0.4, -0.2) is 42.0 Å². The predicted octanol–water partition coefficient (Wildman–Crippen LogP) is 0.905. The molecule has 0 unspecified atom stereocenters. The van der Waals surface area contributed by atoms with Crippen molar-refractivity contribution in [2.75, 3.05) is 11.9 Å². The molecule has 0 bridgehead atoms. The summed E-state index contributed by atoms with van der Waals surface area (Å²) in [4.78, 5) is 24.7. The van der Waals surface area contributed by atoms with Crippen LogP contribution in [0.25, 0.3) is 0 Å². The highest BCUT2D eigenvalue weighted by Gasteiger charge is 2.32. The van der Waals surface area contributed by atoms with Gasteiger partial charge in [0.1, 0.15) is 12.6 Å². The zero-order valence-electron chi connectivity index (χ0n) is 14.0. The van der Waals surface area contributed by atoms with E-state index in [9.17, 15) is 14.6 Å². The number of esters is 1. The molecule has 0 spiro atoms. The van der Waals surface area contributed by atoms with E-state index in [-0.39, 0.29) is 18.4 Å². The fraction of sp³-hybridized carbons (Fsp3) is 0.500. The van der Waals surface area contributed by atoms with Crippen LogP contribution in [0.2, 0.25) is 0 Å². The van der Waals surface area contributed by atoms with E-state index < -0.39 is 19.1 Å². The predicted molar refractivity (Wildman–Crippen MR) is 94.4 cm³/mol. The van der Waals surface area contributed by atoms with E-state index in [1.54, 1.807) is 19.1 Å². The Morgan fingerprint density at radius 3 is 2.79 bits per heavy atom. The minimum absolute atomic E-state index is 0.111. The lowest BCUT2D eigenvalue weighted by Crippen LogP contribution is -2.46. The van der Waals surface area contributed by atoms with Gasteiger partial charge in [-0.05, 0) is 35.5 Å². The number of hydrogen-bond donors (Lipinski definition) is 2. The first kappa shape index (κ1) is 19.0. The van der Waals surface area contributed by atoms with Gasteiger partial charge in [0.25, 0.3) is 5.91 Å². The van der Waals surface area contributed by atoms with Crippen LogP contribution in [0.3, 0.4) is 0 Å². The summed E-state index contributed by atoms with van der Waals surface area (Å²) >= 11 is 3.20. The van der Waals surface area contributed by atoms with Crippen molar-refractivity contribution < 1.29 is 24.0 Å². The molecule has 1 amide bonds. The van der Waals surface area contributed by atoms with Crippen LogP contribution in [0.4, 0.5) is 0 Å². The van der Waals surface area contributed by atoms with Crippen LogP contribution >= 0.6 is 15.9 Å². The maximum atomic E-state index is 12.6. The number of carbonyl (C=O) groups excluding carboxylic acids is 2. The highest BCUT2D eigenvalue weighted by atomic mass is 79.9. The summed E-state index contributed by atoms with van der Waals surface area (Å²) in [7, 11) is -1.02. The van der Waals surface area contributed by atoms with E-state index in [1.807, 2.05) is 13.8 Å². The van der Waals surface area contributed by atoms with E-state index >= 15 is 0 Å². The number of alkyl halides is 1. The average molecular weight is 398 g/mol. The van der Waals surface area contributed by atoms with Crippen molar-refractivity contribution >= 4 is 40.4 Å². The average Bonchev–Trinajstić information content (AvgIpc) is 2.92. The minimum atomic E-state index is -1.02. The largest absolute Gasteiger partial charge is 0.492 e. The molecule has 24 heavy (non-hydrogen) atoms. The second kappa shape index (κ2) is 8.14. The highest BCUT2D eigenvalue weighted by Crippen LogP contribution is 2.17. The Balaban J connectivity index is 2.19. The maximum absolute atomic E-state index is 12.6. The lowest BCUT2D eigenvalue weighted by Gasteiger charge is -2.21. The molecule has 8 heteroatoms. The number of amides is 1. The van der Waals surface area contributed by atoms with Gasteiger partial charge in [0.15, 0.2) is 0 Å². The van der Waals surface area contributed by atoms with Crippen molar-refractivity contribution in [3.05, 3.63) is 28.8 Å². The van der Waals surface area contributed by atoms with E-state index in [1.165, 1.54) is 0 Å². The molecule has 0 aliphatic carbocycles. The summed E-state index contributed by atoms with van der Waals surface area (Å²) in [5, 5.41) is 13.2. The topological polar surface area (TPSA) is 84.9 Å². The third-order valence-electron chi connectivity index (χ3n) is 4.02. The number of hydrogen-bond acceptors (Lipinski definition) is 5. The smallest absolute Gasteiger partial charge is 0.463 e. The molecule has 1 aromatic carbocycles. The van der Waals surface area contributed by atoms with Crippen molar-refractivity contribution in [3.63, 3.8) is 0 Å². The molecular formula is C16H21BBrNO5. The molecule has 1 aromatic rings. The number of halogens is 1. The zero-order chi connectivity index (χ0) is 17.9. The third-order valence-corrected chi connectivity index (χ3v) is 4.35. The summed E-state index contributed by atoms with van der Waals surface area (Å²) in [5.74, 6) is -0.940. The molecule has 0 aromatic heterocycles. The maximum Gasteiger partial charge on any atom is 0.492 e. The van der Waals surface area contributed by atoms with Gasteiger partial charge in [-0.15, -0.1) is 0 Å². The summed E-state index contributed by atoms with van der Waals surface area (Å²) in [6.45, 7) is 6.02. The molecule has 1 heterocycles. The van der Waals surface area contributed by atoms with Crippen molar-refractivity contribution in [3.8, 4) is 0 Å². The van der Waals surface area contributed by atoms with Crippen LogP contribution in [0.15, 0.2) is 12.1 Å². The van der Waals surface area contributed by atoms with Gasteiger partial charge in [0.05, 0.1) is 6.61 Å². The third kappa shape index (κ3) is 3.99. The van der Waals surface area contributed by atoms with E-state index in [4.69, 9.17) is 9.39 Å². The van der Waals surface area contributed by atoms with Gasteiger partial charge >= 0.3 is 13.1 Å². The molecule has 1 atom stereocenters. The van der Waals surface area contributed by atoms with Crippen molar-refractivity contribution in [2.45, 2.75) is 33.4 Å². The van der Waals surface area contributed by atoms with Gasteiger partial charge in [-0.3, -0.25) is 4.79 Å². The molecular weight excluding hydrogens is 377 g/mol. The van der Waals surface area contributed by atoms with Crippen molar-refractivity contribution in [1.29, 1.82) is 0 Å². The Labute approximate surface area is 150 Å². The molecule has 130 valence electrons. The Bertz CT molecular complexity index is 637. The summed E-state index contributed by atoms with van der Waals surface area (Å²) in [5.41, 5.74) is 2.57. The number of ether oxygens (including phenoxy) is 1. The molecule has 0 fully saturated rings. The van der Waals surface area contributed by atoms with Crippen LogP contribution in [0.1, 0.15) is 35.3 Å². The second-order valence-corrected chi connectivity index (χ2v) is 6.82. The lowest BCUT2D eigenvalue weighted by atomic mass is 9.75. The van der Waals surface area contributed by atoms with Gasteiger partial charge in [0.2, 0.25) is 0 Å². The fourth-order valence-corrected chi connectivity index (χ4v) is 2.86. The van der Waals surface area contributed by atoms with Crippen LogP contribution in [0, 0.1) is 12.8 Å². The standard InChI is InChI=1S/C16H21BBrNO5/c1-9(2)14(16(21)23-7-6-18)19-15(20)12-5-4-11-8-24-17(22)13(11)10(12)3/h4-5,9,14,22H,6-8H2,1-3H3,(H,19,20)/t14-/m0/s1. The zero-order valence-corrected chi connectivity index (χ0v) is 15.6. The van der Waals surface area contributed by atoms with Gasteiger partial charge in [-0.25, -0.2) is 4.79 Å². The van der Waals surface area contributed by atoms with E-state index in [0.717, 1.165) is 5.56 Å². The number of benzene rings is 1. The number of nitrogens with one attached hydrogen (secondary N) is 1. The highest BCUT2D eigenvalue weighted by molar-refractivity contribution is 9.09. The van der Waals surface area contributed by atoms with Gasteiger partial charge in [-0.2, -0.15) is 0 Å². The van der Waals surface area contributed by atoms with E-state index in [2.05, 4.69) is 21.2 Å². The monoisotopic (exact) mass is 397 g/mol. The first-order valence-corrected chi connectivity index (χ1v) is 8.94. The SMILES string of the molecule is Cc1c(C(=O)N[C@H](C(=O)OCCBr)C(C)C)ccc2c1B(O)OC2. The summed E-state index contributed by atoms with van der Waals surface area (Å²) in [6, 6.07) is 2.72. The molecule has 6 nitrogen and oxygen atoms in total. The lowest BCUT2D eigenvalue weighted by molar-refractivity contribution is -0.146. The second-order valence-electron chi connectivity index (χ2n) is 6.03. The normalized spacial score (nSPS) is 14.5. The molecule has 2 N–H and O–H groups in total. The van der Waals surface area contributed by atoms with Crippen LogP contribution in [0.5, 0.6) is 0 Å². The summed E-state index contributed by atoms with van der Waals surface area (Å²) < 4.78 is 10.3. The Morgan fingerprint density at radius 1 is 1.46 bits per heavy atom. The number of carbonyl (C=O) groups is 2. The summed E-state index contributed by atoms with van der Waals surface area (Å²) in [6.07, 6.45) is 0. The van der Waals surface area contributed by atoms with Crippen molar-refractivity contribution in [1.82, 2.24) is 5.32 Å². The first-order chi connectivity index (χ1) is 11.4. The Morgan fingerprint density at radius 2 is 2.17 bits per heavy atom. The van der Waals surface area contributed by atoms with Gasteiger partial charge < -0.3 is 19.7 Å². The Kier molecular flexibility index (Phi) is 6.43.